The molecule has 0 spiro atoms. The van der Waals surface area contributed by atoms with Crippen LogP contribution in [0.3, 0.4) is 0 Å². The minimum atomic E-state index is -3.08. The van der Waals surface area contributed by atoms with Gasteiger partial charge in [-0.15, -0.1) is 0 Å². The van der Waals surface area contributed by atoms with Crippen molar-refractivity contribution in [2.24, 2.45) is 23.7 Å². The summed E-state index contributed by atoms with van der Waals surface area (Å²) in [7, 11) is 3.19. The normalized spacial score (nSPS) is 18.2. The molecule has 0 N–H and O–H groups in total. The van der Waals surface area contributed by atoms with E-state index in [2.05, 4.69) is 0 Å². The molecule has 26 heteroatoms. The van der Waals surface area contributed by atoms with Crippen LogP contribution < -0.4 is 18.9 Å². The van der Waals surface area contributed by atoms with Crippen molar-refractivity contribution in [1.29, 1.82) is 0 Å². The zero-order valence-corrected chi connectivity index (χ0v) is 65.9. The van der Waals surface area contributed by atoms with Crippen LogP contribution in [0.1, 0.15) is 147 Å². The van der Waals surface area contributed by atoms with Gasteiger partial charge in [0.05, 0.1) is 22.3 Å². The predicted molar refractivity (Wildman–Crippen MR) is 410 cm³/mol. The summed E-state index contributed by atoms with van der Waals surface area (Å²) in [6.07, 6.45) is 5.59. The summed E-state index contributed by atoms with van der Waals surface area (Å²) < 4.78 is 124. The zero-order chi connectivity index (χ0) is 78.4. The van der Waals surface area contributed by atoms with Crippen molar-refractivity contribution in [3.63, 3.8) is 0 Å². The molecule has 2 aliphatic heterocycles. The maximum absolute atomic E-state index is 16.6. The predicted octanol–water partition coefficient (Wildman–Crippen LogP) is 18.1. The monoisotopic (exact) mass is 1540 g/mol. The Morgan fingerprint density at radius 3 is 0.882 bits per heavy atom. The molecule has 13 rings (SSSR count). The van der Waals surface area contributed by atoms with Gasteiger partial charge in [0.25, 0.3) is 23.6 Å². The van der Waals surface area contributed by atoms with Crippen molar-refractivity contribution in [3.8, 4) is 46.0 Å². The molecule has 9 aromatic carbocycles. The fraction of sp³-hybridized carbons (Fsp3) is 0.405. The van der Waals surface area contributed by atoms with Gasteiger partial charge >= 0.3 is 17.6 Å². The van der Waals surface area contributed by atoms with Gasteiger partial charge in [-0.1, -0.05) is 53.4 Å². The SMILES string of the molecule is CCN(C(=O)C(CC(C)C)N1C(=O)c2cc(Oc3ccc(F)cc3)c3c4c(Oc5ccc(F)cc5)cc5c6c(cc(Oc7ccc(F)cc7)c(c7c(Oc8ccc(F)cc8)cc(c2c37)C1=O)c64)C(=O)N(C(CC(C)C)C(=O)N(CC)C1CCCC(C[Si](OC)(OC)OC)C1)C5=O)C1CCCC(C[Si](OC)(OC)OC)C1. The lowest BCUT2D eigenvalue weighted by atomic mass is 9.80. The molecule has 2 fully saturated rings. The number of fused-ring (bicyclic) bond motifs is 2. The summed E-state index contributed by atoms with van der Waals surface area (Å²) in [6.45, 7) is 11.7. The molecule has 2 aliphatic carbocycles. The summed E-state index contributed by atoms with van der Waals surface area (Å²) in [5.41, 5.74) is -0.537. The van der Waals surface area contributed by atoms with E-state index in [-0.39, 0.29) is 173 Å². The molecule has 2 saturated carbocycles. The first kappa shape index (κ1) is 78.7. The maximum atomic E-state index is 16.6. The van der Waals surface area contributed by atoms with Crippen LogP contribution in [0.4, 0.5) is 17.6 Å². The highest BCUT2D eigenvalue weighted by Crippen LogP contribution is 2.59. The highest BCUT2D eigenvalue weighted by Gasteiger charge is 2.51. The van der Waals surface area contributed by atoms with Crippen LogP contribution in [0, 0.1) is 46.9 Å². The maximum Gasteiger partial charge on any atom is 0.500 e. The van der Waals surface area contributed by atoms with Crippen LogP contribution in [0.5, 0.6) is 46.0 Å². The van der Waals surface area contributed by atoms with E-state index in [9.17, 15) is 0 Å². The lowest BCUT2D eigenvalue weighted by Gasteiger charge is -2.42. The molecule has 20 nitrogen and oxygen atoms in total. The van der Waals surface area contributed by atoms with Gasteiger partial charge in [-0.05, 0) is 197 Å². The minimum absolute atomic E-state index is 0.0228. The fourth-order valence-electron chi connectivity index (χ4n) is 17.2. The van der Waals surface area contributed by atoms with Crippen molar-refractivity contribution in [2.75, 3.05) is 55.7 Å². The fourth-order valence-corrected chi connectivity index (χ4v) is 21.4. The summed E-state index contributed by atoms with van der Waals surface area (Å²) in [5, 5.41) is 0.428. The van der Waals surface area contributed by atoms with E-state index in [4.69, 9.17) is 45.5 Å². The number of halogens is 4. The van der Waals surface area contributed by atoms with Crippen molar-refractivity contribution >= 4 is 96.1 Å². The third-order valence-electron chi connectivity index (χ3n) is 22.3. The Kier molecular flexibility index (Phi) is 23.3. The van der Waals surface area contributed by atoms with E-state index in [0.29, 0.717) is 37.8 Å². The van der Waals surface area contributed by atoms with E-state index in [1.807, 2.05) is 41.5 Å². The number of imide groups is 2. The van der Waals surface area contributed by atoms with Crippen LogP contribution in [0.15, 0.2) is 121 Å². The Bertz CT molecular complexity index is 4420. The van der Waals surface area contributed by atoms with E-state index in [1.54, 1.807) is 52.5 Å². The smallest absolute Gasteiger partial charge is 0.457 e. The number of hydrogen-bond donors (Lipinski definition) is 0. The lowest BCUT2D eigenvalue weighted by Crippen LogP contribution is -2.57. The van der Waals surface area contributed by atoms with Crippen molar-refractivity contribution in [3.05, 3.63) is 167 Å². The number of ether oxygens (including phenoxy) is 4. The number of amides is 6. The van der Waals surface area contributed by atoms with Gasteiger partial charge in [0, 0.05) is 123 Å². The molecule has 6 amide bonds. The van der Waals surface area contributed by atoms with Gasteiger partial charge in [0.15, 0.2) is 0 Å². The lowest BCUT2D eigenvalue weighted by molar-refractivity contribution is -0.139. The van der Waals surface area contributed by atoms with Gasteiger partial charge in [-0.3, -0.25) is 38.6 Å². The van der Waals surface area contributed by atoms with Crippen LogP contribution >= 0.6 is 0 Å². The molecule has 0 saturated heterocycles. The number of carbonyl (C=O) groups excluding carboxylic acids is 6. The van der Waals surface area contributed by atoms with Gasteiger partial charge in [-0.25, -0.2) is 17.6 Å². The first-order chi connectivity index (χ1) is 52.8. The van der Waals surface area contributed by atoms with Crippen molar-refractivity contribution in [1.82, 2.24) is 19.6 Å². The summed E-state index contributed by atoms with van der Waals surface area (Å²) in [5.74, 6) is -7.80. The second-order valence-electron chi connectivity index (χ2n) is 29.8. The molecule has 4 aliphatic rings. The van der Waals surface area contributed by atoms with Crippen molar-refractivity contribution < 1.29 is 91.8 Å². The summed E-state index contributed by atoms with van der Waals surface area (Å²) >= 11 is 0. The minimum Gasteiger partial charge on any atom is -0.457 e. The number of benzene rings is 9. The number of hydrogen-bond acceptors (Lipinski definition) is 16. The molecule has 0 aromatic heterocycles. The average Bonchev–Trinajstić information content (AvgIpc) is 0.670. The number of likely N-dealkylation sites (N-methyl/N-ethyl adjacent to an activating group) is 2. The third kappa shape index (κ3) is 15.0. The van der Waals surface area contributed by atoms with E-state index in [1.165, 1.54) is 121 Å². The Morgan fingerprint density at radius 1 is 0.400 bits per heavy atom. The molecule has 2 heterocycles. The van der Waals surface area contributed by atoms with Gasteiger partial charge in [-0.2, -0.15) is 0 Å². The topological polar surface area (TPSA) is 208 Å². The standard InChI is InChI=1S/C84H92F4N4O16Si2/c1-13-89(55-19-15-17-49(39-55)45-109(99-7,100-8)101-9)83(97)65(37-47(3)4)91-79(93)61-41-67(105-57-29-21-51(85)22-30-57)73-75-69(107-59-33-25-53(87)26-34-59)43-63-72-64(82(96)92(81(63)95)66(38-48(5)6)84(98)90(14-2)56-20-16-18-50(40-56)46-110(102-10,103-11)104-12)44-70(108-60-35-27-54(88)28-36-60)76(78(72)75)74-68(106-58-31-23-52(86)24-32-58)42-62(80(91)94)71(61)77(73)74/h21-36,41-44,47-50,55-56,65-66H,13-20,37-40,45-46H2,1-12H3. The molecular weight excluding hydrogens is 1450 g/mol. The molecule has 6 unspecified atom stereocenters. The first-order valence-electron chi connectivity index (χ1n) is 37.6. The quantitative estimate of drug-likeness (QED) is 0.0135. The average molecular weight is 1550 g/mol. The van der Waals surface area contributed by atoms with Gasteiger partial charge in [0.1, 0.15) is 81.3 Å². The van der Waals surface area contributed by atoms with Crippen LogP contribution in [-0.2, 0) is 36.1 Å². The molecular formula is C84H92F4N4O16Si2. The summed E-state index contributed by atoms with van der Waals surface area (Å²) in [6, 6.07) is 23.6. The summed E-state index contributed by atoms with van der Waals surface area (Å²) in [4.78, 5) is 104. The van der Waals surface area contributed by atoms with Crippen LogP contribution in [0.2, 0.25) is 12.1 Å². The van der Waals surface area contributed by atoms with Crippen LogP contribution in [-0.4, -0.2) is 153 Å². The van der Waals surface area contributed by atoms with Crippen LogP contribution in [0.25, 0.3) is 43.1 Å². The highest BCUT2D eigenvalue weighted by atomic mass is 28.4. The number of rotatable bonds is 30. The highest BCUT2D eigenvalue weighted by molar-refractivity contribution is 6.61. The Morgan fingerprint density at radius 2 is 0.655 bits per heavy atom. The number of carbonyl (C=O) groups is 6. The molecule has 110 heavy (non-hydrogen) atoms. The zero-order valence-electron chi connectivity index (χ0n) is 63.9. The Hall–Kier alpha value is -9.39. The second kappa shape index (κ2) is 32.5. The Labute approximate surface area is 638 Å². The van der Waals surface area contributed by atoms with Crippen molar-refractivity contribution in [2.45, 2.75) is 142 Å². The first-order valence-corrected chi connectivity index (χ1v) is 41.5. The Balaban J connectivity index is 1.10. The van der Waals surface area contributed by atoms with E-state index >= 15 is 46.3 Å². The molecule has 580 valence electrons. The second-order valence-corrected chi connectivity index (χ2v) is 35.8. The van der Waals surface area contributed by atoms with Gasteiger partial charge in [0.2, 0.25) is 11.8 Å². The largest absolute Gasteiger partial charge is 0.500 e. The molecule has 6 atom stereocenters. The number of nitrogens with zero attached hydrogens (tertiary/aromatic N) is 4. The van der Waals surface area contributed by atoms with E-state index < -0.39 is 88.4 Å². The molecule has 0 radical (unpaired) electrons. The van der Waals surface area contributed by atoms with Gasteiger partial charge < -0.3 is 55.3 Å². The molecule has 0 bridgehead atoms. The molecule has 9 aromatic rings. The third-order valence-corrected chi connectivity index (χ3v) is 28.2. The van der Waals surface area contributed by atoms with E-state index in [0.717, 1.165) is 35.5 Å².